The summed E-state index contributed by atoms with van der Waals surface area (Å²) in [4.78, 5) is 21.5. The van der Waals surface area contributed by atoms with Crippen molar-refractivity contribution in [2.45, 2.75) is 33.4 Å². The maximum atomic E-state index is 13.2. The highest BCUT2D eigenvalue weighted by atomic mass is 19.1. The van der Waals surface area contributed by atoms with Crippen LogP contribution in [0.4, 0.5) is 4.39 Å². The van der Waals surface area contributed by atoms with Crippen molar-refractivity contribution in [3.63, 3.8) is 0 Å². The van der Waals surface area contributed by atoms with Gasteiger partial charge in [-0.3, -0.25) is 9.48 Å². The minimum Gasteiger partial charge on any atom is -0.346 e. The standard InChI is InChI=1S/C20H20FN7O/c1-12-8-14(3)27(26-12)10-13(2)24-19(29)18-9-17(15-4-6-16(21)7-5-15)25-20-22-11-23-28(18)20/h4-9,11,13H,10H2,1-3H3,(H,24,29)/t13-/m1/s1. The summed E-state index contributed by atoms with van der Waals surface area (Å²) in [6, 6.07) is 9.37. The van der Waals surface area contributed by atoms with Crippen LogP contribution in [0.3, 0.4) is 0 Å². The molecular weight excluding hydrogens is 373 g/mol. The average Bonchev–Trinajstić information content (AvgIpc) is 3.27. The van der Waals surface area contributed by atoms with E-state index in [2.05, 4.69) is 25.5 Å². The second-order valence-corrected chi connectivity index (χ2v) is 6.99. The molecule has 1 amide bonds. The maximum absolute atomic E-state index is 13.2. The van der Waals surface area contributed by atoms with Gasteiger partial charge in [-0.2, -0.15) is 19.7 Å². The normalized spacial score (nSPS) is 12.3. The van der Waals surface area contributed by atoms with E-state index in [1.165, 1.54) is 23.0 Å². The number of nitrogens with one attached hydrogen (secondary N) is 1. The van der Waals surface area contributed by atoms with Crippen LogP contribution in [-0.4, -0.2) is 41.3 Å². The molecule has 29 heavy (non-hydrogen) atoms. The Morgan fingerprint density at radius 3 is 2.66 bits per heavy atom. The van der Waals surface area contributed by atoms with Crippen LogP contribution in [0.5, 0.6) is 0 Å². The van der Waals surface area contributed by atoms with Crippen LogP contribution < -0.4 is 5.32 Å². The van der Waals surface area contributed by atoms with Crippen molar-refractivity contribution in [1.29, 1.82) is 0 Å². The summed E-state index contributed by atoms with van der Waals surface area (Å²) in [6.07, 6.45) is 1.34. The molecule has 8 nitrogen and oxygen atoms in total. The molecule has 0 unspecified atom stereocenters. The van der Waals surface area contributed by atoms with E-state index in [-0.39, 0.29) is 17.8 Å². The number of hydrogen-bond acceptors (Lipinski definition) is 5. The number of aryl methyl sites for hydroxylation is 2. The monoisotopic (exact) mass is 393 g/mol. The molecule has 148 valence electrons. The van der Waals surface area contributed by atoms with Crippen LogP contribution in [0.1, 0.15) is 28.8 Å². The maximum Gasteiger partial charge on any atom is 0.270 e. The zero-order valence-electron chi connectivity index (χ0n) is 16.3. The first-order chi connectivity index (χ1) is 13.9. The zero-order valence-corrected chi connectivity index (χ0v) is 16.3. The lowest BCUT2D eigenvalue weighted by Gasteiger charge is -2.16. The summed E-state index contributed by atoms with van der Waals surface area (Å²) in [5, 5.41) is 11.5. The summed E-state index contributed by atoms with van der Waals surface area (Å²) in [5.41, 5.74) is 3.46. The Morgan fingerprint density at radius 2 is 1.97 bits per heavy atom. The fraction of sp³-hybridized carbons (Fsp3) is 0.250. The van der Waals surface area contributed by atoms with Crippen molar-refractivity contribution in [3.05, 3.63) is 65.6 Å². The molecule has 1 aromatic carbocycles. The first-order valence-corrected chi connectivity index (χ1v) is 9.19. The third-order valence-corrected chi connectivity index (χ3v) is 4.55. The van der Waals surface area contributed by atoms with Gasteiger partial charge >= 0.3 is 0 Å². The summed E-state index contributed by atoms with van der Waals surface area (Å²) in [6.45, 7) is 6.37. The number of benzene rings is 1. The van der Waals surface area contributed by atoms with Gasteiger partial charge in [0.25, 0.3) is 11.7 Å². The van der Waals surface area contributed by atoms with E-state index in [0.717, 1.165) is 11.4 Å². The Kier molecular flexibility index (Phi) is 4.79. The lowest BCUT2D eigenvalue weighted by molar-refractivity contribution is 0.0928. The van der Waals surface area contributed by atoms with Gasteiger partial charge in [0.1, 0.15) is 17.8 Å². The topological polar surface area (TPSA) is 90.0 Å². The Balaban J connectivity index is 1.62. The minimum atomic E-state index is -0.340. The number of carbonyl (C=O) groups is 1. The number of nitrogens with zero attached hydrogens (tertiary/aromatic N) is 6. The van der Waals surface area contributed by atoms with E-state index in [1.54, 1.807) is 18.2 Å². The van der Waals surface area contributed by atoms with Crippen LogP contribution in [0.2, 0.25) is 0 Å². The molecule has 4 rings (SSSR count). The van der Waals surface area contributed by atoms with Crippen LogP contribution in [-0.2, 0) is 6.54 Å². The second-order valence-electron chi connectivity index (χ2n) is 6.99. The van der Waals surface area contributed by atoms with Gasteiger partial charge in [0.05, 0.1) is 17.9 Å². The summed E-state index contributed by atoms with van der Waals surface area (Å²) >= 11 is 0. The molecular formula is C20H20FN7O. The fourth-order valence-electron chi connectivity index (χ4n) is 3.21. The van der Waals surface area contributed by atoms with Crippen LogP contribution in [0.15, 0.2) is 42.7 Å². The predicted octanol–water partition coefficient (Wildman–Crippen LogP) is 2.56. The number of carbonyl (C=O) groups excluding carboxylic acids is 1. The number of amides is 1. The van der Waals surface area contributed by atoms with Crippen LogP contribution in [0, 0.1) is 19.7 Å². The number of fused-ring (bicyclic) bond motifs is 1. The van der Waals surface area contributed by atoms with Gasteiger partial charge in [-0.15, -0.1) is 0 Å². The first-order valence-electron chi connectivity index (χ1n) is 9.19. The lowest BCUT2D eigenvalue weighted by Crippen LogP contribution is -2.37. The van der Waals surface area contributed by atoms with Gasteiger partial charge < -0.3 is 5.32 Å². The molecule has 0 aliphatic carbocycles. The highest BCUT2D eigenvalue weighted by molar-refractivity contribution is 5.94. The fourth-order valence-corrected chi connectivity index (χ4v) is 3.21. The van der Waals surface area contributed by atoms with Crippen molar-refractivity contribution in [2.24, 2.45) is 0 Å². The molecule has 0 fully saturated rings. The largest absolute Gasteiger partial charge is 0.346 e. The van der Waals surface area contributed by atoms with Crippen molar-refractivity contribution >= 4 is 11.7 Å². The van der Waals surface area contributed by atoms with Gasteiger partial charge in [0.2, 0.25) is 0 Å². The average molecular weight is 393 g/mol. The van der Waals surface area contributed by atoms with Gasteiger partial charge in [0.15, 0.2) is 0 Å². The lowest BCUT2D eigenvalue weighted by atomic mass is 10.1. The molecule has 1 N–H and O–H groups in total. The van der Waals surface area contributed by atoms with Crippen molar-refractivity contribution in [3.8, 4) is 11.3 Å². The Morgan fingerprint density at radius 1 is 1.21 bits per heavy atom. The molecule has 3 aromatic heterocycles. The van der Waals surface area contributed by atoms with E-state index < -0.39 is 0 Å². The van der Waals surface area contributed by atoms with Crippen LogP contribution in [0.25, 0.3) is 17.0 Å². The molecule has 1 atom stereocenters. The molecule has 0 bridgehead atoms. The van der Waals surface area contributed by atoms with Gasteiger partial charge in [-0.25, -0.2) is 9.37 Å². The summed E-state index contributed by atoms with van der Waals surface area (Å²) in [7, 11) is 0. The van der Waals surface area contributed by atoms with Gasteiger partial charge in [-0.1, -0.05) is 0 Å². The quantitative estimate of drug-likeness (QED) is 0.563. The van der Waals surface area contributed by atoms with Crippen molar-refractivity contribution in [2.75, 3.05) is 0 Å². The molecule has 0 saturated heterocycles. The van der Waals surface area contributed by atoms with E-state index in [4.69, 9.17) is 0 Å². The third kappa shape index (κ3) is 3.84. The smallest absolute Gasteiger partial charge is 0.270 e. The second kappa shape index (κ2) is 7.42. The van der Waals surface area contributed by atoms with E-state index in [9.17, 15) is 9.18 Å². The van der Waals surface area contributed by atoms with Gasteiger partial charge in [-0.05, 0) is 57.2 Å². The highest BCUT2D eigenvalue weighted by Gasteiger charge is 2.18. The third-order valence-electron chi connectivity index (χ3n) is 4.55. The molecule has 0 aliphatic rings. The predicted molar refractivity (Wildman–Crippen MR) is 105 cm³/mol. The minimum absolute atomic E-state index is 0.165. The first kappa shape index (κ1) is 18.7. The molecule has 3 heterocycles. The highest BCUT2D eigenvalue weighted by Crippen LogP contribution is 2.19. The number of halogens is 1. The molecule has 0 aliphatic heterocycles. The summed E-state index contributed by atoms with van der Waals surface area (Å²) < 4.78 is 16.5. The molecule has 0 spiro atoms. The van der Waals surface area contributed by atoms with E-state index >= 15 is 0 Å². The summed E-state index contributed by atoms with van der Waals surface area (Å²) in [5.74, 6) is -0.350. The number of rotatable bonds is 5. The zero-order chi connectivity index (χ0) is 20.5. The molecule has 9 heteroatoms. The molecule has 0 radical (unpaired) electrons. The number of hydrogen-bond donors (Lipinski definition) is 1. The Hall–Kier alpha value is -3.62. The molecule has 0 saturated carbocycles. The Labute approximate surface area is 166 Å². The Bertz CT molecular complexity index is 1180. The van der Waals surface area contributed by atoms with Crippen molar-refractivity contribution < 1.29 is 9.18 Å². The molecule has 4 aromatic rings. The number of aromatic nitrogens is 6. The van der Waals surface area contributed by atoms with E-state index in [0.29, 0.717) is 29.3 Å². The van der Waals surface area contributed by atoms with E-state index in [1.807, 2.05) is 31.5 Å². The van der Waals surface area contributed by atoms with Crippen molar-refractivity contribution in [1.82, 2.24) is 34.7 Å². The SMILES string of the molecule is Cc1cc(C)n(C[C@@H](C)NC(=O)c2cc(-c3ccc(F)cc3)nc3ncnn23)n1. The van der Waals surface area contributed by atoms with Gasteiger partial charge in [0, 0.05) is 17.3 Å². The van der Waals surface area contributed by atoms with Crippen LogP contribution >= 0.6 is 0 Å².